The second-order valence-corrected chi connectivity index (χ2v) is 7.70. The molecule has 1 aliphatic heterocycles. The number of aliphatic hydroxyl groups excluding tert-OH is 1. The van der Waals surface area contributed by atoms with E-state index in [9.17, 15) is 9.50 Å². The van der Waals surface area contributed by atoms with Crippen LogP contribution in [0.2, 0.25) is 5.02 Å². The molecule has 0 amide bonds. The van der Waals surface area contributed by atoms with Gasteiger partial charge in [-0.25, -0.2) is 4.39 Å². The van der Waals surface area contributed by atoms with Crippen molar-refractivity contribution in [3.8, 4) is 11.5 Å². The second kappa shape index (κ2) is 10.3. The molecule has 2 aromatic carbocycles. The highest BCUT2D eigenvalue weighted by Gasteiger charge is 2.27. The first-order valence-electron chi connectivity index (χ1n) is 9.76. The van der Waals surface area contributed by atoms with Crippen LogP contribution in [0.4, 0.5) is 4.39 Å². The van der Waals surface area contributed by atoms with Gasteiger partial charge in [-0.3, -0.25) is 9.80 Å². The Morgan fingerprint density at radius 3 is 2.45 bits per heavy atom. The molecule has 1 N–H and O–H groups in total. The number of ether oxygens (including phenoxy) is 2. The molecule has 158 valence electrons. The third kappa shape index (κ3) is 5.60. The molecule has 0 unspecified atom stereocenters. The summed E-state index contributed by atoms with van der Waals surface area (Å²) in [7, 11) is 3.28. The number of halogens is 2. The van der Waals surface area contributed by atoms with Crippen LogP contribution < -0.4 is 9.47 Å². The van der Waals surface area contributed by atoms with Gasteiger partial charge in [-0.1, -0.05) is 17.7 Å². The molecule has 1 heterocycles. The largest absolute Gasteiger partial charge is 0.497 e. The summed E-state index contributed by atoms with van der Waals surface area (Å²) in [6.07, 6.45) is 0.655. The Kier molecular flexibility index (Phi) is 7.72. The van der Waals surface area contributed by atoms with Gasteiger partial charge in [-0.05, 0) is 36.2 Å². The molecule has 0 bridgehead atoms. The Morgan fingerprint density at radius 1 is 1.10 bits per heavy atom. The molecular formula is C22H28ClFN2O3. The van der Waals surface area contributed by atoms with Gasteiger partial charge < -0.3 is 14.6 Å². The van der Waals surface area contributed by atoms with Gasteiger partial charge >= 0.3 is 0 Å². The zero-order chi connectivity index (χ0) is 20.8. The molecule has 2 aromatic rings. The average Bonchev–Trinajstić information content (AvgIpc) is 2.72. The lowest BCUT2D eigenvalue weighted by Gasteiger charge is -2.41. The third-order valence-corrected chi connectivity index (χ3v) is 5.75. The number of rotatable bonds is 8. The highest BCUT2D eigenvalue weighted by Crippen LogP contribution is 2.26. The van der Waals surface area contributed by atoms with Gasteiger partial charge in [-0.2, -0.15) is 0 Å². The Hall–Kier alpha value is -1.86. The fraction of sp³-hybridized carbons (Fsp3) is 0.455. The molecule has 29 heavy (non-hydrogen) atoms. The van der Waals surface area contributed by atoms with E-state index in [0.717, 1.165) is 43.2 Å². The summed E-state index contributed by atoms with van der Waals surface area (Å²) < 4.78 is 24.9. The predicted molar refractivity (Wildman–Crippen MR) is 112 cm³/mol. The zero-order valence-corrected chi connectivity index (χ0v) is 17.7. The highest BCUT2D eigenvalue weighted by atomic mass is 35.5. The van der Waals surface area contributed by atoms with Gasteiger partial charge in [0.25, 0.3) is 0 Å². The number of methoxy groups -OCH3 is 2. The van der Waals surface area contributed by atoms with Gasteiger partial charge in [0.1, 0.15) is 17.3 Å². The first kappa shape index (κ1) is 21.8. The first-order valence-corrected chi connectivity index (χ1v) is 10.1. The summed E-state index contributed by atoms with van der Waals surface area (Å²) in [6.45, 7) is 3.66. The maximum Gasteiger partial charge on any atom is 0.129 e. The van der Waals surface area contributed by atoms with Crippen LogP contribution in [0.5, 0.6) is 11.5 Å². The lowest BCUT2D eigenvalue weighted by Crippen LogP contribution is -2.52. The topological polar surface area (TPSA) is 45.2 Å². The van der Waals surface area contributed by atoms with Crippen molar-refractivity contribution in [1.29, 1.82) is 0 Å². The van der Waals surface area contributed by atoms with Crippen LogP contribution in [-0.2, 0) is 13.1 Å². The summed E-state index contributed by atoms with van der Waals surface area (Å²) in [5.41, 5.74) is 1.62. The minimum atomic E-state index is -0.276. The number of hydrogen-bond acceptors (Lipinski definition) is 5. The highest BCUT2D eigenvalue weighted by molar-refractivity contribution is 6.31. The van der Waals surface area contributed by atoms with Gasteiger partial charge in [0.2, 0.25) is 0 Å². The third-order valence-electron chi connectivity index (χ3n) is 5.39. The van der Waals surface area contributed by atoms with E-state index in [1.165, 1.54) is 6.07 Å². The molecule has 3 rings (SSSR count). The quantitative estimate of drug-likeness (QED) is 0.704. The number of nitrogens with zero attached hydrogens (tertiary/aromatic N) is 2. The fourth-order valence-corrected chi connectivity index (χ4v) is 4.05. The Bertz CT molecular complexity index is 778. The molecule has 0 spiro atoms. The van der Waals surface area contributed by atoms with E-state index < -0.39 is 0 Å². The number of aliphatic hydroxyl groups is 1. The van der Waals surface area contributed by atoms with Crippen molar-refractivity contribution in [1.82, 2.24) is 9.80 Å². The standard InChI is InChI=1S/C22H28ClFN2O3/c1-28-18-10-16(11-19(12-18)29-2)13-26-8-7-25(14-17(26)6-9-27)15-20-21(23)4-3-5-22(20)24/h3-5,10-12,17,27H,6-9,13-15H2,1-2H3/t17-/m1/s1. The molecule has 0 aromatic heterocycles. The van der Waals surface area contributed by atoms with Crippen molar-refractivity contribution in [2.45, 2.75) is 25.6 Å². The van der Waals surface area contributed by atoms with Gasteiger partial charge in [0.05, 0.1) is 14.2 Å². The Balaban J connectivity index is 1.71. The van der Waals surface area contributed by atoms with Crippen molar-refractivity contribution in [2.75, 3.05) is 40.5 Å². The van der Waals surface area contributed by atoms with Crippen LogP contribution in [-0.4, -0.2) is 61.4 Å². The molecular weight excluding hydrogens is 395 g/mol. The normalized spacial score (nSPS) is 18.0. The fourth-order valence-electron chi connectivity index (χ4n) is 3.83. The lowest BCUT2D eigenvalue weighted by molar-refractivity contribution is 0.0494. The van der Waals surface area contributed by atoms with E-state index in [-0.39, 0.29) is 18.5 Å². The van der Waals surface area contributed by atoms with Crippen LogP contribution in [0.3, 0.4) is 0 Å². The Morgan fingerprint density at radius 2 is 1.83 bits per heavy atom. The van der Waals surface area contributed by atoms with Gasteiger partial charge in [0, 0.05) is 62.0 Å². The van der Waals surface area contributed by atoms with E-state index in [0.29, 0.717) is 23.6 Å². The zero-order valence-electron chi connectivity index (χ0n) is 16.9. The smallest absolute Gasteiger partial charge is 0.129 e. The molecule has 1 aliphatic rings. The molecule has 1 atom stereocenters. The van der Waals surface area contributed by atoms with E-state index in [1.807, 2.05) is 18.2 Å². The molecule has 0 saturated carbocycles. The van der Waals surface area contributed by atoms with Crippen molar-refractivity contribution in [3.63, 3.8) is 0 Å². The Labute approximate surface area is 176 Å². The predicted octanol–water partition coefficient (Wildman–Crippen LogP) is 3.57. The monoisotopic (exact) mass is 422 g/mol. The van der Waals surface area contributed by atoms with E-state index in [4.69, 9.17) is 21.1 Å². The van der Waals surface area contributed by atoms with Crippen molar-refractivity contribution >= 4 is 11.6 Å². The van der Waals surface area contributed by atoms with Crippen LogP contribution >= 0.6 is 11.6 Å². The average molecular weight is 423 g/mol. The molecule has 0 aliphatic carbocycles. The molecule has 1 fully saturated rings. The van der Waals surface area contributed by atoms with Gasteiger partial charge in [-0.15, -0.1) is 0 Å². The minimum Gasteiger partial charge on any atom is -0.497 e. The SMILES string of the molecule is COc1cc(CN2CCN(Cc3c(F)cccc3Cl)C[C@H]2CCO)cc(OC)c1. The lowest BCUT2D eigenvalue weighted by atomic mass is 10.1. The summed E-state index contributed by atoms with van der Waals surface area (Å²) in [5, 5.41) is 10.0. The molecule has 5 nitrogen and oxygen atoms in total. The molecule has 7 heteroatoms. The number of benzene rings is 2. The maximum atomic E-state index is 14.2. The van der Waals surface area contributed by atoms with Crippen molar-refractivity contribution < 1.29 is 19.0 Å². The van der Waals surface area contributed by atoms with E-state index >= 15 is 0 Å². The molecule has 1 saturated heterocycles. The second-order valence-electron chi connectivity index (χ2n) is 7.29. The number of hydrogen-bond donors (Lipinski definition) is 1. The van der Waals surface area contributed by atoms with Gasteiger partial charge in [0.15, 0.2) is 0 Å². The van der Waals surface area contributed by atoms with E-state index in [1.54, 1.807) is 26.4 Å². The van der Waals surface area contributed by atoms with Crippen LogP contribution in [0.1, 0.15) is 17.5 Å². The maximum absolute atomic E-state index is 14.2. The first-order chi connectivity index (χ1) is 14.0. The number of piperazine rings is 1. The summed E-state index contributed by atoms with van der Waals surface area (Å²) in [4.78, 5) is 4.55. The van der Waals surface area contributed by atoms with E-state index in [2.05, 4.69) is 9.80 Å². The summed E-state index contributed by atoms with van der Waals surface area (Å²) in [6, 6.07) is 10.8. The van der Waals surface area contributed by atoms with Crippen molar-refractivity contribution in [3.05, 3.63) is 58.4 Å². The molecule has 0 radical (unpaired) electrons. The summed E-state index contributed by atoms with van der Waals surface area (Å²) >= 11 is 6.20. The van der Waals surface area contributed by atoms with Crippen LogP contribution in [0.15, 0.2) is 36.4 Å². The van der Waals surface area contributed by atoms with Crippen molar-refractivity contribution in [2.24, 2.45) is 0 Å². The van der Waals surface area contributed by atoms with Crippen LogP contribution in [0.25, 0.3) is 0 Å². The summed E-state index contributed by atoms with van der Waals surface area (Å²) in [5.74, 6) is 1.24. The van der Waals surface area contributed by atoms with Crippen LogP contribution in [0, 0.1) is 5.82 Å². The minimum absolute atomic E-state index is 0.108.